The Morgan fingerprint density at radius 3 is 1.63 bits per heavy atom. The van der Waals surface area contributed by atoms with Crippen LogP contribution in [0.2, 0.25) is 0 Å². The molecule has 0 aromatic heterocycles. The summed E-state index contributed by atoms with van der Waals surface area (Å²) in [6.45, 7) is 5.35. The maximum atomic E-state index is 12.3. The van der Waals surface area contributed by atoms with Crippen molar-refractivity contribution in [1.29, 1.82) is 0 Å². The highest BCUT2D eigenvalue weighted by molar-refractivity contribution is 8.79. The Hall–Kier alpha value is -0.180. The van der Waals surface area contributed by atoms with Crippen LogP contribution in [0.5, 0.6) is 0 Å². The second-order valence-electron chi connectivity index (χ2n) is 7.41. The molecular formula is C22H34O4S4. The van der Waals surface area contributed by atoms with E-state index in [9.17, 15) is 9.59 Å². The molecule has 0 amide bonds. The number of carbonyl (C=O) groups excluding carboxylic acids is 2. The lowest BCUT2D eigenvalue weighted by molar-refractivity contribution is -0.114. The molecule has 2 atom stereocenters. The van der Waals surface area contributed by atoms with Crippen LogP contribution in [0.3, 0.4) is 0 Å². The molecule has 2 aliphatic rings. The predicted octanol–water partition coefficient (Wildman–Crippen LogP) is 7.02. The van der Waals surface area contributed by atoms with E-state index in [-0.39, 0.29) is 22.1 Å². The molecule has 0 fully saturated rings. The largest absolute Gasteiger partial charge is 0.497 e. The van der Waals surface area contributed by atoms with Gasteiger partial charge in [0.2, 0.25) is 0 Å². The lowest BCUT2D eigenvalue weighted by Crippen LogP contribution is -2.10. The number of allylic oxidation sites excluding steroid dienone is 2. The molecule has 0 aliphatic carbocycles. The SMILES string of the molecule is CCCCCC1=CC(C(=O)SCSSCSC(=O)C2C=C(CCCCC)OC2)CO1. The van der Waals surface area contributed by atoms with E-state index < -0.39 is 0 Å². The third-order valence-electron chi connectivity index (χ3n) is 4.91. The fourth-order valence-corrected chi connectivity index (χ4v) is 7.81. The van der Waals surface area contributed by atoms with Gasteiger partial charge in [-0.05, 0) is 25.0 Å². The lowest BCUT2D eigenvalue weighted by atomic mass is 10.1. The molecule has 2 heterocycles. The van der Waals surface area contributed by atoms with E-state index >= 15 is 0 Å². The van der Waals surface area contributed by atoms with Gasteiger partial charge in [-0.1, -0.05) is 84.6 Å². The highest BCUT2D eigenvalue weighted by Crippen LogP contribution is 2.34. The Bertz CT molecular complexity index is 554. The summed E-state index contributed by atoms with van der Waals surface area (Å²) in [5.41, 5.74) is 0. The first kappa shape index (κ1) is 26.1. The van der Waals surface area contributed by atoms with Crippen LogP contribution >= 0.6 is 45.1 Å². The van der Waals surface area contributed by atoms with Crippen molar-refractivity contribution in [3.63, 3.8) is 0 Å². The van der Waals surface area contributed by atoms with Gasteiger partial charge >= 0.3 is 0 Å². The number of unbranched alkanes of at least 4 members (excludes halogenated alkanes) is 4. The Morgan fingerprint density at radius 2 is 1.23 bits per heavy atom. The van der Waals surface area contributed by atoms with Gasteiger partial charge in [0.15, 0.2) is 10.2 Å². The molecule has 0 saturated heterocycles. The predicted molar refractivity (Wildman–Crippen MR) is 133 cm³/mol. The summed E-state index contributed by atoms with van der Waals surface area (Å²) >= 11 is 2.71. The molecule has 2 aliphatic heterocycles. The van der Waals surface area contributed by atoms with Crippen molar-refractivity contribution >= 4 is 55.3 Å². The van der Waals surface area contributed by atoms with Crippen LogP contribution in [0.1, 0.15) is 65.2 Å². The molecule has 0 aromatic rings. The maximum Gasteiger partial charge on any atom is 0.200 e. The Morgan fingerprint density at radius 1 is 0.800 bits per heavy atom. The van der Waals surface area contributed by atoms with E-state index in [1.54, 1.807) is 21.6 Å². The van der Waals surface area contributed by atoms with Crippen LogP contribution in [-0.2, 0) is 19.1 Å². The van der Waals surface area contributed by atoms with Crippen molar-refractivity contribution in [1.82, 2.24) is 0 Å². The number of hydrogen-bond donors (Lipinski definition) is 0. The average molecular weight is 491 g/mol. The van der Waals surface area contributed by atoms with E-state index in [1.807, 2.05) is 12.2 Å². The number of hydrogen-bond acceptors (Lipinski definition) is 8. The van der Waals surface area contributed by atoms with Crippen molar-refractivity contribution in [3.05, 3.63) is 23.7 Å². The van der Waals surface area contributed by atoms with Crippen molar-refractivity contribution in [2.24, 2.45) is 11.8 Å². The zero-order valence-electron chi connectivity index (χ0n) is 18.1. The molecule has 0 radical (unpaired) electrons. The minimum atomic E-state index is -0.103. The Balaban J connectivity index is 1.52. The highest BCUT2D eigenvalue weighted by Gasteiger charge is 2.25. The third kappa shape index (κ3) is 9.96. The summed E-state index contributed by atoms with van der Waals surface area (Å²) in [6.07, 6.45) is 12.9. The van der Waals surface area contributed by atoms with E-state index in [1.165, 1.54) is 49.2 Å². The van der Waals surface area contributed by atoms with Gasteiger partial charge in [-0.3, -0.25) is 9.59 Å². The first-order valence-electron chi connectivity index (χ1n) is 10.9. The van der Waals surface area contributed by atoms with Crippen LogP contribution in [0.25, 0.3) is 0 Å². The zero-order chi connectivity index (χ0) is 21.6. The van der Waals surface area contributed by atoms with E-state index in [4.69, 9.17) is 9.47 Å². The summed E-state index contributed by atoms with van der Waals surface area (Å²) in [7, 11) is 3.27. The summed E-state index contributed by atoms with van der Waals surface area (Å²) in [6, 6.07) is 0. The number of rotatable bonds is 15. The number of carbonyl (C=O) groups is 2. The van der Waals surface area contributed by atoms with Gasteiger partial charge in [0.1, 0.15) is 13.2 Å². The van der Waals surface area contributed by atoms with Gasteiger partial charge < -0.3 is 9.47 Å². The molecule has 0 N–H and O–H groups in total. The van der Waals surface area contributed by atoms with Crippen LogP contribution in [0, 0.1) is 11.8 Å². The van der Waals surface area contributed by atoms with E-state index in [0.717, 1.165) is 37.2 Å². The molecule has 4 nitrogen and oxygen atoms in total. The average Bonchev–Trinajstić information content (AvgIpc) is 3.41. The van der Waals surface area contributed by atoms with Gasteiger partial charge in [-0.15, -0.1) is 0 Å². The molecule has 170 valence electrons. The smallest absolute Gasteiger partial charge is 0.200 e. The zero-order valence-corrected chi connectivity index (χ0v) is 21.3. The minimum Gasteiger partial charge on any atom is -0.497 e. The first-order valence-corrected chi connectivity index (χ1v) is 15.3. The van der Waals surface area contributed by atoms with Gasteiger partial charge in [0.25, 0.3) is 0 Å². The summed E-state index contributed by atoms with van der Waals surface area (Å²) in [5, 5.41) is 1.76. The first-order chi connectivity index (χ1) is 14.6. The molecule has 8 heteroatoms. The molecule has 0 bridgehead atoms. The lowest BCUT2D eigenvalue weighted by Gasteiger charge is -2.06. The monoisotopic (exact) mass is 490 g/mol. The minimum absolute atomic E-state index is 0.103. The fourth-order valence-electron chi connectivity index (χ4n) is 3.16. The molecule has 0 spiro atoms. The van der Waals surface area contributed by atoms with Gasteiger partial charge in [-0.25, -0.2) is 0 Å². The molecular weight excluding hydrogens is 457 g/mol. The summed E-state index contributed by atoms with van der Waals surface area (Å²) < 4.78 is 11.3. The standard InChI is InChI=1S/C22H34O4S4/c1-3-5-7-9-19-11-17(13-25-19)21(23)27-15-29-30-16-28-22(24)18-12-20(26-14-18)10-8-6-4-2/h11-12,17-18H,3-10,13-16H2,1-2H3. The molecule has 2 unspecified atom stereocenters. The van der Waals surface area contributed by atoms with E-state index in [0.29, 0.717) is 23.4 Å². The summed E-state index contributed by atoms with van der Waals surface area (Å²) in [4.78, 5) is 24.6. The second kappa shape index (κ2) is 15.6. The van der Waals surface area contributed by atoms with Crippen LogP contribution in [0.4, 0.5) is 0 Å². The molecule has 2 rings (SSSR count). The normalized spacial score (nSPS) is 20.5. The number of ether oxygens (including phenoxy) is 2. The molecule has 0 saturated carbocycles. The fraction of sp³-hybridized carbons (Fsp3) is 0.727. The van der Waals surface area contributed by atoms with Crippen LogP contribution in [-0.4, -0.2) is 33.6 Å². The van der Waals surface area contributed by atoms with Gasteiger partial charge in [-0.2, -0.15) is 0 Å². The van der Waals surface area contributed by atoms with E-state index in [2.05, 4.69) is 13.8 Å². The second-order valence-corrected chi connectivity index (χ2v) is 12.6. The van der Waals surface area contributed by atoms with Crippen molar-refractivity contribution < 1.29 is 19.1 Å². The van der Waals surface area contributed by atoms with Gasteiger partial charge in [0, 0.05) is 12.8 Å². The van der Waals surface area contributed by atoms with Crippen LogP contribution < -0.4 is 0 Å². The quantitative estimate of drug-likeness (QED) is 0.138. The highest BCUT2D eigenvalue weighted by atomic mass is 33.1. The molecule has 0 aromatic carbocycles. The van der Waals surface area contributed by atoms with Crippen molar-refractivity contribution in [3.8, 4) is 0 Å². The van der Waals surface area contributed by atoms with Gasteiger partial charge in [0.05, 0.1) is 33.5 Å². The van der Waals surface area contributed by atoms with Crippen molar-refractivity contribution in [2.75, 3.05) is 23.4 Å². The topological polar surface area (TPSA) is 52.6 Å². The maximum absolute atomic E-state index is 12.3. The third-order valence-corrected chi connectivity index (χ3v) is 10.2. The van der Waals surface area contributed by atoms with Crippen molar-refractivity contribution in [2.45, 2.75) is 65.2 Å². The van der Waals surface area contributed by atoms with Crippen LogP contribution in [0.15, 0.2) is 23.7 Å². The number of thioether (sulfide) groups is 2. The summed E-state index contributed by atoms with van der Waals surface area (Å²) in [5.74, 6) is 1.76. The Kier molecular flexibility index (Phi) is 13.6. The Labute approximate surface area is 197 Å². The molecule has 30 heavy (non-hydrogen) atoms.